The summed E-state index contributed by atoms with van der Waals surface area (Å²) in [5.74, 6) is 1.17. The molecule has 2 N–H and O–H groups in total. The van der Waals surface area contributed by atoms with E-state index in [4.69, 9.17) is 15.0 Å². The fourth-order valence-electron chi connectivity index (χ4n) is 2.47. The Kier molecular flexibility index (Phi) is 3.69. The molecule has 2 heterocycles. The van der Waals surface area contributed by atoms with Gasteiger partial charge >= 0.3 is 0 Å². The largest absolute Gasteiger partial charge is 0.398 e. The van der Waals surface area contributed by atoms with Crippen LogP contribution in [-0.2, 0) is 11.2 Å². The number of benzene rings is 1. The molecule has 5 nitrogen and oxygen atoms in total. The molecule has 1 aliphatic heterocycles. The van der Waals surface area contributed by atoms with E-state index in [1.54, 1.807) is 0 Å². The van der Waals surface area contributed by atoms with Crippen molar-refractivity contribution in [2.45, 2.75) is 38.7 Å². The van der Waals surface area contributed by atoms with Crippen LogP contribution in [0.1, 0.15) is 30.7 Å². The van der Waals surface area contributed by atoms with Gasteiger partial charge in [-0.05, 0) is 38.3 Å². The van der Waals surface area contributed by atoms with Gasteiger partial charge in [-0.15, -0.1) is 0 Å². The van der Waals surface area contributed by atoms with Crippen molar-refractivity contribution in [3.8, 4) is 11.5 Å². The van der Waals surface area contributed by atoms with Crippen LogP contribution in [0.2, 0.25) is 0 Å². The van der Waals surface area contributed by atoms with Crippen molar-refractivity contribution in [1.82, 2.24) is 10.1 Å². The Labute approximate surface area is 118 Å². The highest BCUT2D eigenvalue weighted by molar-refractivity contribution is 5.70. The zero-order chi connectivity index (χ0) is 13.9. The van der Waals surface area contributed by atoms with Crippen LogP contribution in [0.5, 0.6) is 0 Å². The Morgan fingerprint density at radius 3 is 3.05 bits per heavy atom. The number of aryl methyl sites for hydroxylation is 1. The Hall–Kier alpha value is -1.88. The van der Waals surface area contributed by atoms with Gasteiger partial charge in [0.1, 0.15) is 0 Å². The summed E-state index contributed by atoms with van der Waals surface area (Å²) in [6.07, 6.45) is 4.34. The number of rotatable bonds is 3. The van der Waals surface area contributed by atoms with Crippen LogP contribution in [-0.4, -0.2) is 22.9 Å². The molecule has 5 heteroatoms. The predicted molar refractivity (Wildman–Crippen MR) is 76.2 cm³/mol. The van der Waals surface area contributed by atoms with Gasteiger partial charge in [0, 0.05) is 18.7 Å². The Balaban J connectivity index is 1.77. The van der Waals surface area contributed by atoms with E-state index in [9.17, 15) is 0 Å². The standard InChI is InChI=1S/C15H19N3O2/c1-10-5-6-13(16)12(8-10)15-17-14(18-20-15)9-11-4-2-3-7-19-11/h5-6,8,11H,2-4,7,9,16H2,1H3. The molecule has 0 aliphatic carbocycles. The Bertz CT molecular complexity index is 589. The van der Waals surface area contributed by atoms with Gasteiger partial charge in [-0.1, -0.05) is 16.8 Å². The lowest BCUT2D eigenvalue weighted by molar-refractivity contribution is 0.0153. The minimum absolute atomic E-state index is 0.212. The molecule has 20 heavy (non-hydrogen) atoms. The summed E-state index contributed by atoms with van der Waals surface area (Å²) in [5.41, 5.74) is 8.53. The summed E-state index contributed by atoms with van der Waals surface area (Å²) in [6, 6.07) is 5.79. The number of aromatic nitrogens is 2. The van der Waals surface area contributed by atoms with Gasteiger partial charge in [0.2, 0.25) is 0 Å². The molecule has 0 radical (unpaired) electrons. The van der Waals surface area contributed by atoms with E-state index in [1.165, 1.54) is 6.42 Å². The number of nitrogens with two attached hydrogens (primary N) is 1. The molecule has 2 aromatic rings. The second-order valence-corrected chi connectivity index (χ2v) is 5.30. The summed E-state index contributed by atoms with van der Waals surface area (Å²) in [5, 5.41) is 4.04. The van der Waals surface area contributed by atoms with Crippen molar-refractivity contribution >= 4 is 5.69 Å². The molecule has 1 aromatic carbocycles. The molecule has 0 bridgehead atoms. The molecule has 0 saturated carbocycles. The summed E-state index contributed by atoms with van der Waals surface area (Å²) in [4.78, 5) is 4.44. The first-order valence-electron chi connectivity index (χ1n) is 7.03. The highest BCUT2D eigenvalue weighted by Gasteiger charge is 2.18. The third kappa shape index (κ3) is 2.82. The molecule has 0 amide bonds. The van der Waals surface area contributed by atoms with Gasteiger partial charge in [0.05, 0.1) is 11.7 Å². The molecular weight excluding hydrogens is 254 g/mol. The monoisotopic (exact) mass is 273 g/mol. The van der Waals surface area contributed by atoms with Gasteiger partial charge < -0.3 is 15.0 Å². The van der Waals surface area contributed by atoms with Gasteiger partial charge in [-0.3, -0.25) is 0 Å². The predicted octanol–water partition coefficient (Wildman–Crippen LogP) is 2.74. The molecule has 3 rings (SSSR count). The smallest absolute Gasteiger partial charge is 0.260 e. The molecule has 1 atom stereocenters. The first-order chi connectivity index (χ1) is 9.72. The fourth-order valence-corrected chi connectivity index (χ4v) is 2.47. The average Bonchev–Trinajstić information content (AvgIpc) is 2.91. The van der Waals surface area contributed by atoms with E-state index in [0.29, 0.717) is 23.8 Å². The van der Waals surface area contributed by atoms with Crippen molar-refractivity contribution in [2.24, 2.45) is 0 Å². The van der Waals surface area contributed by atoms with E-state index in [1.807, 2.05) is 25.1 Å². The van der Waals surface area contributed by atoms with Crippen LogP contribution in [0.25, 0.3) is 11.5 Å². The Morgan fingerprint density at radius 2 is 2.25 bits per heavy atom. The molecular formula is C15H19N3O2. The number of hydrogen-bond acceptors (Lipinski definition) is 5. The number of nitrogens with zero attached hydrogens (tertiary/aromatic N) is 2. The van der Waals surface area contributed by atoms with Crippen LogP contribution in [0.4, 0.5) is 5.69 Å². The van der Waals surface area contributed by atoms with Crippen molar-refractivity contribution < 1.29 is 9.26 Å². The third-order valence-electron chi connectivity index (χ3n) is 3.59. The minimum Gasteiger partial charge on any atom is -0.398 e. The summed E-state index contributed by atoms with van der Waals surface area (Å²) < 4.78 is 11.0. The van der Waals surface area contributed by atoms with E-state index in [-0.39, 0.29) is 6.10 Å². The zero-order valence-electron chi connectivity index (χ0n) is 11.6. The zero-order valence-corrected chi connectivity index (χ0v) is 11.6. The summed E-state index contributed by atoms with van der Waals surface area (Å²) in [6.45, 7) is 2.84. The summed E-state index contributed by atoms with van der Waals surface area (Å²) >= 11 is 0. The van der Waals surface area contributed by atoms with Gasteiger partial charge in [0.15, 0.2) is 5.82 Å². The van der Waals surface area contributed by atoms with Gasteiger partial charge in [0.25, 0.3) is 5.89 Å². The minimum atomic E-state index is 0.212. The van der Waals surface area contributed by atoms with Gasteiger partial charge in [-0.2, -0.15) is 4.98 Å². The van der Waals surface area contributed by atoms with Crippen molar-refractivity contribution in [1.29, 1.82) is 0 Å². The SMILES string of the molecule is Cc1ccc(N)c(-c2nc(CC3CCCCO3)no2)c1. The maximum Gasteiger partial charge on any atom is 0.260 e. The normalized spacial score (nSPS) is 19.1. The molecule has 106 valence electrons. The molecule has 1 aromatic heterocycles. The van der Waals surface area contributed by atoms with Crippen molar-refractivity contribution in [2.75, 3.05) is 12.3 Å². The lowest BCUT2D eigenvalue weighted by Crippen LogP contribution is -2.21. The van der Waals surface area contributed by atoms with Crippen molar-refractivity contribution in [3.05, 3.63) is 29.6 Å². The number of ether oxygens (including phenoxy) is 1. The van der Waals surface area contributed by atoms with E-state index < -0.39 is 0 Å². The van der Waals surface area contributed by atoms with E-state index in [2.05, 4.69) is 10.1 Å². The first-order valence-corrected chi connectivity index (χ1v) is 7.03. The van der Waals surface area contributed by atoms with Crippen LogP contribution in [0.3, 0.4) is 0 Å². The molecule has 1 aliphatic rings. The van der Waals surface area contributed by atoms with Crippen LogP contribution in [0.15, 0.2) is 22.7 Å². The number of anilines is 1. The highest BCUT2D eigenvalue weighted by atomic mass is 16.5. The molecule has 1 unspecified atom stereocenters. The van der Waals surface area contributed by atoms with Crippen molar-refractivity contribution in [3.63, 3.8) is 0 Å². The topological polar surface area (TPSA) is 74.2 Å². The number of nitrogen functional groups attached to an aromatic ring is 1. The quantitative estimate of drug-likeness (QED) is 0.870. The van der Waals surface area contributed by atoms with E-state index in [0.717, 1.165) is 30.6 Å². The van der Waals surface area contributed by atoms with Crippen LogP contribution < -0.4 is 5.73 Å². The molecule has 1 saturated heterocycles. The van der Waals surface area contributed by atoms with Crippen LogP contribution in [0, 0.1) is 6.92 Å². The second-order valence-electron chi connectivity index (χ2n) is 5.30. The second kappa shape index (κ2) is 5.63. The van der Waals surface area contributed by atoms with Gasteiger partial charge in [-0.25, -0.2) is 0 Å². The fraction of sp³-hybridized carbons (Fsp3) is 0.467. The maximum absolute atomic E-state index is 5.96. The van der Waals surface area contributed by atoms with Crippen LogP contribution >= 0.6 is 0 Å². The Morgan fingerprint density at radius 1 is 1.35 bits per heavy atom. The maximum atomic E-state index is 5.96. The molecule has 1 fully saturated rings. The third-order valence-corrected chi connectivity index (χ3v) is 3.59. The number of hydrogen-bond donors (Lipinski definition) is 1. The first kappa shape index (κ1) is 13.1. The average molecular weight is 273 g/mol. The highest BCUT2D eigenvalue weighted by Crippen LogP contribution is 2.26. The van der Waals surface area contributed by atoms with E-state index >= 15 is 0 Å². The summed E-state index contributed by atoms with van der Waals surface area (Å²) in [7, 11) is 0. The molecule has 0 spiro atoms. The lowest BCUT2D eigenvalue weighted by atomic mass is 10.1. The lowest BCUT2D eigenvalue weighted by Gasteiger charge is -2.20.